The Balaban J connectivity index is 0.0000000937. The van der Waals surface area contributed by atoms with Crippen LogP contribution in [0.5, 0.6) is 0 Å². The van der Waals surface area contributed by atoms with E-state index in [-0.39, 0.29) is 0 Å². The molecule has 91 heavy (non-hydrogen) atoms. The first-order chi connectivity index (χ1) is 44.4. The van der Waals surface area contributed by atoms with E-state index in [0.717, 1.165) is 103 Å². The number of pyridine rings is 2. The average molecular weight is 1180 g/mol. The first-order valence-electron chi connectivity index (χ1n) is 29.9. The summed E-state index contributed by atoms with van der Waals surface area (Å²) in [5.41, 5.74) is 27.1. The van der Waals surface area contributed by atoms with Gasteiger partial charge in [-0.2, -0.15) is 0 Å². The molecule has 16 nitrogen and oxygen atoms in total. The molecule has 20 rings (SSSR count). The van der Waals surface area contributed by atoms with Gasteiger partial charge < -0.3 is 8.83 Å². The summed E-state index contributed by atoms with van der Waals surface area (Å²) < 4.78 is 29.9. The Labute approximate surface area is 520 Å². The molecule has 0 aliphatic carbocycles. The third-order valence-corrected chi connectivity index (χ3v) is 18.6. The molecule has 0 spiro atoms. The number of rotatable bonds is 0. The van der Waals surface area contributed by atoms with Crippen LogP contribution in [-0.4, -0.2) is 28.7 Å². The summed E-state index contributed by atoms with van der Waals surface area (Å²) in [5.74, 6) is 0. The number of nitrogens with zero attached hydrogens (tertiary/aromatic N) is 14. The summed E-state index contributed by atoms with van der Waals surface area (Å²) in [7, 11) is 0. The van der Waals surface area contributed by atoms with Crippen molar-refractivity contribution in [2.45, 2.75) is 60.8 Å². The van der Waals surface area contributed by atoms with Crippen LogP contribution in [0.2, 0.25) is 0 Å². The molecule has 4 aliphatic heterocycles. The number of furan rings is 2. The van der Waals surface area contributed by atoms with Crippen molar-refractivity contribution in [2.24, 2.45) is 0 Å². The maximum absolute atomic E-state index is 7.21. The second kappa shape index (κ2) is 19.8. The van der Waals surface area contributed by atoms with Crippen LogP contribution in [0.25, 0.3) is 130 Å². The molecule has 0 amide bonds. The molecule has 430 valence electrons. The monoisotopic (exact) mass is 1180 g/mol. The number of fused-ring (bicyclic) bond motifs is 27. The van der Waals surface area contributed by atoms with Crippen molar-refractivity contribution in [2.75, 3.05) is 0 Å². The van der Waals surface area contributed by atoms with Gasteiger partial charge >= 0.3 is 0 Å². The van der Waals surface area contributed by atoms with E-state index in [1.54, 1.807) is 12.4 Å². The van der Waals surface area contributed by atoms with Crippen molar-refractivity contribution >= 4 is 110 Å². The van der Waals surface area contributed by atoms with Gasteiger partial charge in [0.2, 0.25) is 36.2 Å². The predicted molar refractivity (Wildman–Crippen MR) is 349 cm³/mol. The Morgan fingerprint density at radius 2 is 0.868 bits per heavy atom. The first kappa shape index (κ1) is 52.8. The third kappa shape index (κ3) is 7.97. The molecule has 0 saturated carbocycles. The standard InChI is InChI=1S/2C20H11N4O.C18H16N3.C17H14N3/c1-21-14-5-7-17-13(9-14)11-23-10-12-4-6-15-16-3-2-8-22-20(16)25-19(15)18(12)24(17)23;1-21-14-4-5-17-12(7-14)10-23-11-13-8-16-15-3-2-6-22-20(15)25-19(16)9-18(13)24(17)23;1-11-7-12(2)18-16(13(11)3)10-20-9-14-8-15(19-4)5-6-17(14)21(18)20;1-11-4-5-12(2)17-15(11)10-19-9-13-8-14(18-3)6-7-16(13)20(17)19/h2-9,11H,10H2;2-10H,11H2;5-9H,10H2,1-3H3;4-9H,10H2,1-2H3/q4*+1. The molecule has 8 aromatic carbocycles. The first-order valence-corrected chi connectivity index (χ1v) is 29.9. The van der Waals surface area contributed by atoms with Gasteiger partial charge in [0, 0.05) is 45.6 Å². The van der Waals surface area contributed by atoms with Crippen molar-refractivity contribution in [3.8, 4) is 22.7 Å². The quantitative estimate of drug-likeness (QED) is 0.111. The van der Waals surface area contributed by atoms with Gasteiger partial charge in [-0.3, -0.25) is 0 Å². The lowest BCUT2D eigenvalue weighted by molar-refractivity contribution is -0.749. The molecule has 0 saturated heterocycles. The van der Waals surface area contributed by atoms with Gasteiger partial charge in [-0.15, -0.1) is 37.5 Å². The van der Waals surface area contributed by atoms with E-state index in [0.29, 0.717) is 34.2 Å². The summed E-state index contributed by atoms with van der Waals surface area (Å²) in [6, 6.07) is 46.6. The van der Waals surface area contributed by atoms with Crippen LogP contribution in [0.1, 0.15) is 50.1 Å². The Morgan fingerprint density at radius 3 is 1.44 bits per heavy atom. The summed E-state index contributed by atoms with van der Waals surface area (Å²) in [4.78, 5) is 22.8. The summed E-state index contributed by atoms with van der Waals surface area (Å²) >= 11 is 0. The summed E-state index contributed by atoms with van der Waals surface area (Å²) in [6.45, 7) is 43.0. The lowest BCUT2D eigenvalue weighted by Gasteiger charge is -2.08. The maximum atomic E-state index is 7.21. The maximum Gasteiger partial charge on any atom is 0.227 e. The van der Waals surface area contributed by atoms with E-state index in [9.17, 15) is 0 Å². The molecular weight excluding hydrogens is 1130 g/mol. The fourth-order valence-electron chi connectivity index (χ4n) is 14.3. The molecule has 0 unspecified atom stereocenters. The average Bonchev–Trinajstić information content (AvgIpc) is 1.60. The molecule has 4 aliphatic rings. The Kier molecular flexibility index (Phi) is 11.5. The zero-order valence-electron chi connectivity index (χ0n) is 50.1. The molecule has 0 atom stereocenters. The normalized spacial score (nSPS) is 12.5. The van der Waals surface area contributed by atoms with E-state index < -0.39 is 0 Å². The number of aromatic nitrogens is 10. The number of hydrogen-bond acceptors (Lipinski definition) is 4. The second-order valence-corrected chi connectivity index (χ2v) is 23.9. The van der Waals surface area contributed by atoms with Gasteiger partial charge in [-0.1, -0.05) is 42.5 Å². The lowest BCUT2D eigenvalue weighted by atomic mass is 9.98. The molecule has 0 bridgehead atoms. The van der Waals surface area contributed by atoms with Crippen LogP contribution < -0.4 is 18.7 Å². The van der Waals surface area contributed by atoms with Crippen molar-refractivity contribution in [1.29, 1.82) is 0 Å². The number of hydrogen-bond donors (Lipinski definition) is 0. The minimum absolute atomic E-state index is 0.656. The highest BCUT2D eigenvalue weighted by Gasteiger charge is 2.35. The van der Waals surface area contributed by atoms with Gasteiger partial charge in [-0.05, 0) is 153 Å². The Hall–Kier alpha value is -12.5. The van der Waals surface area contributed by atoms with Gasteiger partial charge in [0.05, 0.1) is 64.5 Å². The van der Waals surface area contributed by atoms with E-state index in [1.165, 1.54) is 72.5 Å². The van der Waals surface area contributed by atoms with Crippen LogP contribution in [-0.2, 0) is 26.2 Å². The Morgan fingerprint density at radius 1 is 0.396 bits per heavy atom. The molecule has 12 heterocycles. The minimum atomic E-state index is 0.656. The van der Waals surface area contributed by atoms with Crippen molar-refractivity contribution in [3.63, 3.8) is 0 Å². The predicted octanol–water partition coefficient (Wildman–Crippen LogP) is 15.5. The van der Waals surface area contributed by atoms with Crippen LogP contribution in [0.3, 0.4) is 0 Å². The van der Waals surface area contributed by atoms with E-state index >= 15 is 0 Å². The van der Waals surface area contributed by atoms with Crippen molar-refractivity contribution in [1.82, 2.24) is 28.7 Å². The summed E-state index contributed by atoms with van der Waals surface area (Å²) in [6.07, 6.45) is 12.0. The van der Waals surface area contributed by atoms with E-state index in [1.807, 2.05) is 84.9 Å². The minimum Gasteiger partial charge on any atom is -0.438 e. The van der Waals surface area contributed by atoms with Crippen LogP contribution in [0.15, 0.2) is 186 Å². The van der Waals surface area contributed by atoms with Gasteiger partial charge in [0.1, 0.15) is 44.7 Å². The topological polar surface area (TPSA) is 105 Å². The molecular formula is C75H52N14O2+4. The number of benzene rings is 8. The highest BCUT2D eigenvalue weighted by Crippen LogP contribution is 2.40. The SMILES string of the molecule is [C-]#[N+]c1ccc2c(c1)c[n+]1n2-c2c(C)cc(C)c(C)c2C1.[C-]#[N+]c1ccc2c(c1)c[n+]1n2-c2c(C)ccc(C)c2C1.[C-]#[N+]c1ccc2c(c1)c[n+]1n2-c2c(ccc3c2oc2ncccc23)C1.[C-]#[N+]c1ccc2c(c1)c[n+]1n2-c2cc3oc4ncccc4c3cc2C1. The molecule has 8 aromatic heterocycles. The van der Waals surface area contributed by atoms with Crippen molar-refractivity contribution in [3.05, 3.63) is 272 Å². The molecule has 16 aromatic rings. The fraction of sp³-hybridized carbons (Fsp3) is 0.120. The molecule has 0 fully saturated rings. The van der Waals surface area contributed by atoms with Gasteiger partial charge in [-0.25, -0.2) is 29.3 Å². The highest BCUT2D eigenvalue weighted by atomic mass is 16.3. The largest absolute Gasteiger partial charge is 0.438 e. The van der Waals surface area contributed by atoms with Crippen LogP contribution >= 0.6 is 0 Å². The molecule has 0 radical (unpaired) electrons. The highest BCUT2D eigenvalue weighted by molar-refractivity contribution is 6.07. The van der Waals surface area contributed by atoms with E-state index in [2.05, 4.69) is 181 Å². The zero-order valence-corrected chi connectivity index (χ0v) is 50.1. The van der Waals surface area contributed by atoms with Crippen LogP contribution in [0, 0.1) is 60.9 Å². The third-order valence-electron chi connectivity index (χ3n) is 18.6. The second-order valence-electron chi connectivity index (χ2n) is 23.9. The lowest BCUT2D eigenvalue weighted by Crippen LogP contribution is -2.36. The van der Waals surface area contributed by atoms with Gasteiger partial charge in [0.15, 0.2) is 60.2 Å². The van der Waals surface area contributed by atoms with Crippen molar-refractivity contribution < 1.29 is 27.6 Å². The zero-order chi connectivity index (χ0) is 61.7. The fourth-order valence-corrected chi connectivity index (χ4v) is 14.3. The Bertz CT molecular complexity index is 6110. The smallest absolute Gasteiger partial charge is 0.227 e. The van der Waals surface area contributed by atoms with E-state index in [4.69, 9.17) is 35.1 Å². The molecule has 16 heteroatoms. The number of aryl methyl sites for hydroxylation is 4. The van der Waals surface area contributed by atoms with Gasteiger partial charge in [0.25, 0.3) is 0 Å². The summed E-state index contributed by atoms with van der Waals surface area (Å²) in [5, 5.41) is 8.66. The van der Waals surface area contributed by atoms with Crippen LogP contribution in [0.4, 0.5) is 22.7 Å². The molecule has 0 N–H and O–H groups in total.